The van der Waals surface area contributed by atoms with Crippen molar-refractivity contribution in [2.24, 2.45) is 0 Å². The summed E-state index contributed by atoms with van der Waals surface area (Å²) in [5.41, 5.74) is 6.54. The highest BCUT2D eigenvalue weighted by Gasteiger charge is 2.22. The van der Waals surface area contributed by atoms with Crippen LogP contribution in [0, 0.1) is 13.8 Å². The number of aromatic amines is 1. The topological polar surface area (TPSA) is 36.0 Å². The number of rotatable bonds is 0. The molecule has 0 amide bonds. The Kier molecular flexibility index (Phi) is 2.08. The van der Waals surface area contributed by atoms with Crippen LogP contribution in [0.25, 0.3) is 10.9 Å². The molecule has 1 aromatic heterocycles. The second kappa shape index (κ2) is 3.36. The van der Waals surface area contributed by atoms with E-state index < -0.39 is 0 Å². The number of aliphatic hydroxyl groups excluding tert-OH is 1. The molecule has 0 saturated carbocycles. The van der Waals surface area contributed by atoms with Crippen LogP contribution in [-0.2, 0) is 12.8 Å². The van der Waals surface area contributed by atoms with E-state index in [9.17, 15) is 5.11 Å². The Hall–Kier alpha value is -1.28. The monoisotopic (exact) mass is 215 g/mol. The summed E-state index contributed by atoms with van der Waals surface area (Å²) in [6.07, 6.45) is 2.51. The predicted octanol–water partition coefficient (Wildman–Crippen LogP) is 2.63. The minimum absolute atomic E-state index is 0.161. The summed E-state index contributed by atoms with van der Waals surface area (Å²) in [4.78, 5) is 3.53. The van der Waals surface area contributed by atoms with E-state index in [2.05, 4.69) is 31.0 Å². The van der Waals surface area contributed by atoms with E-state index in [4.69, 9.17) is 0 Å². The Morgan fingerprint density at radius 3 is 2.81 bits per heavy atom. The maximum atomic E-state index is 9.78. The van der Waals surface area contributed by atoms with Crippen molar-refractivity contribution in [3.8, 4) is 0 Å². The van der Waals surface area contributed by atoms with Gasteiger partial charge in [0.25, 0.3) is 0 Å². The molecule has 0 bridgehead atoms. The quantitative estimate of drug-likeness (QED) is 0.696. The number of benzene rings is 1. The van der Waals surface area contributed by atoms with E-state index in [1.54, 1.807) is 0 Å². The van der Waals surface area contributed by atoms with Gasteiger partial charge in [-0.05, 0) is 43.4 Å². The molecular formula is C14H17NO. The number of fused-ring (bicyclic) bond motifs is 3. The van der Waals surface area contributed by atoms with E-state index in [0.29, 0.717) is 0 Å². The minimum Gasteiger partial charge on any atom is -0.393 e. The standard InChI is InChI=1S/C14H17NO/c1-8-3-4-9(2)14-13(8)11-7-10(16)5-6-12(11)15-14/h3-4,10,15-16H,5-7H2,1-2H3. The maximum absolute atomic E-state index is 9.78. The third-order valence-corrected chi connectivity index (χ3v) is 3.73. The van der Waals surface area contributed by atoms with Crippen LogP contribution < -0.4 is 0 Å². The molecule has 0 spiro atoms. The highest BCUT2D eigenvalue weighted by atomic mass is 16.3. The Bertz CT molecular complexity index is 553. The van der Waals surface area contributed by atoms with Gasteiger partial charge in [0, 0.05) is 23.0 Å². The minimum atomic E-state index is -0.161. The van der Waals surface area contributed by atoms with Crippen LogP contribution in [0.15, 0.2) is 12.1 Å². The Morgan fingerprint density at radius 1 is 1.25 bits per heavy atom. The van der Waals surface area contributed by atoms with Gasteiger partial charge in [0.2, 0.25) is 0 Å². The molecule has 1 aliphatic carbocycles. The van der Waals surface area contributed by atoms with Crippen molar-refractivity contribution < 1.29 is 5.11 Å². The van der Waals surface area contributed by atoms with Gasteiger partial charge in [-0.15, -0.1) is 0 Å². The fourth-order valence-electron chi connectivity index (χ4n) is 2.83. The van der Waals surface area contributed by atoms with Gasteiger partial charge in [-0.1, -0.05) is 12.1 Å². The first-order valence-electron chi connectivity index (χ1n) is 5.94. The van der Waals surface area contributed by atoms with Crippen LogP contribution in [0.3, 0.4) is 0 Å². The molecule has 1 atom stereocenters. The molecule has 3 rings (SSSR count). The van der Waals surface area contributed by atoms with E-state index in [-0.39, 0.29) is 6.10 Å². The molecule has 84 valence electrons. The largest absolute Gasteiger partial charge is 0.393 e. The summed E-state index contributed by atoms with van der Waals surface area (Å²) in [5.74, 6) is 0. The number of H-pyrrole nitrogens is 1. The summed E-state index contributed by atoms with van der Waals surface area (Å²) >= 11 is 0. The summed E-state index contributed by atoms with van der Waals surface area (Å²) < 4.78 is 0. The van der Waals surface area contributed by atoms with Gasteiger partial charge < -0.3 is 10.1 Å². The molecule has 1 aliphatic rings. The van der Waals surface area contributed by atoms with Gasteiger partial charge >= 0.3 is 0 Å². The first-order valence-corrected chi connectivity index (χ1v) is 5.94. The molecule has 2 heteroatoms. The summed E-state index contributed by atoms with van der Waals surface area (Å²) in [7, 11) is 0. The average molecular weight is 215 g/mol. The van der Waals surface area contributed by atoms with E-state index in [1.807, 2.05) is 0 Å². The highest BCUT2D eigenvalue weighted by Crippen LogP contribution is 2.32. The number of aryl methyl sites for hydroxylation is 3. The van der Waals surface area contributed by atoms with Crippen LogP contribution in [0.1, 0.15) is 28.8 Å². The van der Waals surface area contributed by atoms with Gasteiger partial charge in [-0.25, -0.2) is 0 Å². The number of hydrogen-bond donors (Lipinski definition) is 2. The van der Waals surface area contributed by atoms with Crippen LogP contribution in [-0.4, -0.2) is 16.2 Å². The molecule has 16 heavy (non-hydrogen) atoms. The zero-order valence-electron chi connectivity index (χ0n) is 9.80. The summed E-state index contributed by atoms with van der Waals surface area (Å²) in [5, 5.41) is 11.1. The van der Waals surface area contributed by atoms with Crippen molar-refractivity contribution in [1.29, 1.82) is 0 Å². The number of hydrogen-bond acceptors (Lipinski definition) is 1. The lowest BCUT2D eigenvalue weighted by Gasteiger charge is -2.17. The van der Waals surface area contributed by atoms with Crippen molar-refractivity contribution in [2.75, 3.05) is 0 Å². The smallest absolute Gasteiger partial charge is 0.0585 e. The molecule has 2 aromatic rings. The van der Waals surface area contributed by atoms with E-state index >= 15 is 0 Å². The van der Waals surface area contributed by atoms with Crippen LogP contribution in [0.4, 0.5) is 0 Å². The maximum Gasteiger partial charge on any atom is 0.0585 e. The Balaban J connectivity index is 2.34. The number of aromatic nitrogens is 1. The SMILES string of the molecule is Cc1ccc(C)c2c3c([nH]c12)CCC(O)C3. The third kappa shape index (κ3) is 1.30. The van der Waals surface area contributed by atoms with Crippen molar-refractivity contribution in [1.82, 2.24) is 4.98 Å². The zero-order chi connectivity index (χ0) is 11.3. The molecule has 0 fully saturated rings. The van der Waals surface area contributed by atoms with Crippen LogP contribution >= 0.6 is 0 Å². The number of nitrogens with one attached hydrogen (secondary N) is 1. The van der Waals surface area contributed by atoms with Gasteiger partial charge in [0.1, 0.15) is 0 Å². The van der Waals surface area contributed by atoms with Gasteiger partial charge in [-0.3, -0.25) is 0 Å². The van der Waals surface area contributed by atoms with Crippen molar-refractivity contribution in [3.63, 3.8) is 0 Å². The normalized spacial score (nSPS) is 20.1. The Labute approximate surface area is 95.3 Å². The first kappa shape index (κ1) is 9.91. The summed E-state index contributed by atoms with van der Waals surface area (Å²) in [6.45, 7) is 4.29. The van der Waals surface area contributed by atoms with E-state index in [0.717, 1.165) is 19.3 Å². The predicted molar refractivity (Wildman–Crippen MR) is 65.8 cm³/mol. The van der Waals surface area contributed by atoms with E-state index in [1.165, 1.54) is 33.3 Å². The lowest BCUT2D eigenvalue weighted by Crippen LogP contribution is -2.17. The summed E-state index contributed by atoms with van der Waals surface area (Å²) in [6, 6.07) is 4.34. The Morgan fingerprint density at radius 2 is 2.00 bits per heavy atom. The van der Waals surface area contributed by atoms with Gasteiger partial charge in [-0.2, -0.15) is 0 Å². The number of aliphatic hydroxyl groups is 1. The molecule has 0 aliphatic heterocycles. The molecule has 1 heterocycles. The van der Waals surface area contributed by atoms with Crippen LogP contribution in [0.5, 0.6) is 0 Å². The fraction of sp³-hybridized carbons (Fsp3) is 0.429. The van der Waals surface area contributed by atoms with Crippen molar-refractivity contribution in [2.45, 2.75) is 39.2 Å². The molecule has 0 radical (unpaired) electrons. The van der Waals surface area contributed by atoms with Crippen molar-refractivity contribution >= 4 is 10.9 Å². The highest BCUT2D eigenvalue weighted by molar-refractivity contribution is 5.90. The lowest BCUT2D eigenvalue weighted by atomic mass is 9.91. The van der Waals surface area contributed by atoms with Crippen LogP contribution in [0.2, 0.25) is 0 Å². The first-order chi connectivity index (χ1) is 7.66. The molecule has 2 N–H and O–H groups in total. The molecule has 1 aromatic carbocycles. The van der Waals surface area contributed by atoms with Crippen molar-refractivity contribution in [3.05, 3.63) is 34.5 Å². The fourth-order valence-corrected chi connectivity index (χ4v) is 2.83. The average Bonchev–Trinajstić information content (AvgIpc) is 2.63. The molecule has 1 unspecified atom stereocenters. The second-order valence-corrected chi connectivity index (χ2v) is 4.93. The molecular weight excluding hydrogens is 198 g/mol. The molecule has 2 nitrogen and oxygen atoms in total. The lowest BCUT2D eigenvalue weighted by molar-refractivity contribution is 0.158. The van der Waals surface area contributed by atoms with Gasteiger partial charge in [0.15, 0.2) is 0 Å². The molecule has 0 saturated heterocycles. The zero-order valence-corrected chi connectivity index (χ0v) is 9.80. The third-order valence-electron chi connectivity index (χ3n) is 3.73. The second-order valence-electron chi connectivity index (χ2n) is 4.93. The van der Waals surface area contributed by atoms with Gasteiger partial charge in [0.05, 0.1) is 6.10 Å².